The highest BCUT2D eigenvalue weighted by Crippen LogP contribution is 2.11. The van der Waals surface area contributed by atoms with Gasteiger partial charge in [-0.15, -0.1) is 0 Å². The highest BCUT2D eigenvalue weighted by Gasteiger charge is 2.26. The smallest absolute Gasteiger partial charge is 0.407 e. The first-order valence-corrected chi connectivity index (χ1v) is 6.05. The van der Waals surface area contributed by atoms with Crippen molar-refractivity contribution in [3.05, 3.63) is 35.9 Å². The van der Waals surface area contributed by atoms with E-state index >= 15 is 0 Å². The molecule has 1 saturated heterocycles. The molecule has 1 aliphatic heterocycles. The van der Waals surface area contributed by atoms with Gasteiger partial charge >= 0.3 is 6.09 Å². The summed E-state index contributed by atoms with van der Waals surface area (Å²) in [5, 5.41) is 5.52. The molecule has 0 bridgehead atoms. The molecule has 1 fully saturated rings. The Labute approximate surface area is 106 Å². The first kappa shape index (κ1) is 12.8. The molecule has 0 spiro atoms. The zero-order valence-electron chi connectivity index (χ0n) is 10.1. The Kier molecular flexibility index (Phi) is 4.52. The van der Waals surface area contributed by atoms with Gasteiger partial charge in [0.2, 0.25) is 0 Å². The zero-order valence-corrected chi connectivity index (χ0v) is 10.1. The number of hydrogen-bond acceptors (Lipinski definition) is 3. The number of rotatable bonds is 4. The summed E-state index contributed by atoms with van der Waals surface area (Å²) >= 11 is 0. The van der Waals surface area contributed by atoms with Crippen LogP contribution in [0.3, 0.4) is 0 Å². The van der Waals surface area contributed by atoms with Crippen LogP contribution in [0, 0.1) is 5.92 Å². The molecule has 1 aromatic carbocycles. The van der Waals surface area contributed by atoms with Crippen LogP contribution in [0.2, 0.25) is 0 Å². The molecule has 0 radical (unpaired) electrons. The van der Waals surface area contributed by atoms with Crippen LogP contribution < -0.4 is 10.6 Å². The van der Waals surface area contributed by atoms with Crippen molar-refractivity contribution in [3.8, 4) is 0 Å². The Bertz CT molecular complexity index is 386. The third-order valence-electron chi connectivity index (χ3n) is 2.98. The second-order valence-corrected chi connectivity index (χ2v) is 4.38. The SMILES string of the molecule is O=C(NC[C@@H]1CNC[C@@H]1F)OCc1ccccc1. The van der Waals surface area contributed by atoms with E-state index in [4.69, 9.17) is 4.74 Å². The van der Waals surface area contributed by atoms with E-state index in [1.165, 1.54) is 0 Å². The van der Waals surface area contributed by atoms with Crippen LogP contribution in [-0.4, -0.2) is 31.9 Å². The highest BCUT2D eigenvalue weighted by molar-refractivity contribution is 5.67. The number of ether oxygens (including phenoxy) is 1. The summed E-state index contributed by atoms with van der Waals surface area (Å²) in [4.78, 5) is 11.4. The van der Waals surface area contributed by atoms with Gasteiger partial charge in [-0.05, 0) is 5.56 Å². The van der Waals surface area contributed by atoms with Gasteiger partial charge in [0, 0.05) is 25.6 Å². The first-order chi connectivity index (χ1) is 8.75. The van der Waals surface area contributed by atoms with Crippen LogP contribution in [0.4, 0.5) is 9.18 Å². The Morgan fingerprint density at radius 3 is 2.83 bits per heavy atom. The van der Waals surface area contributed by atoms with Crippen LogP contribution >= 0.6 is 0 Å². The van der Waals surface area contributed by atoms with Crippen LogP contribution in [-0.2, 0) is 11.3 Å². The molecule has 98 valence electrons. The molecule has 1 amide bonds. The molecule has 5 heteroatoms. The van der Waals surface area contributed by atoms with E-state index < -0.39 is 12.3 Å². The number of amides is 1. The van der Waals surface area contributed by atoms with Crippen molar-refractivity contribution in [2.45, 2.75) is 12.8 Å². The van der Waals surface area contributed by atoms with Crippen LogP contribution in [0.5, 0.6) is 0 Å². The lowest BCUT2D eigenvalue weighted by Crippen LogP contribution is -2.33. The van der Waals surface area contributed by atoms with E-state index in [9.17, 15) is 9.18 Å². The minimum Gasteiger partial charge on any atom is -0.445 e. The second-order valence-electron chi connectivity index (χ2n) is 4.38. The van der Waals surface area contributed by atoms with Gasteiger partial charge in [-0.3, -0.25) is 0 Å². The molecule has 0 saturated carbocycles. The number of halogens is 1. The predicted molar refractivity (Wildman–Crippen MR) is 65.9 cm³/mol. The quantitative estimate of drug-likeness (QED) is 0.853. The topological polar surface area (TPSA) is 50.4 Å². The van der Waals surface area contributed by atoms with E-state index in [1.807, 2.05) is 30.3 Å². The average molecular weight is 252 g/mol. The summed E-state index contributed by atoms with van der Waals surface area (Å²) in [5.41, 5.74) is 0.929. The fourth-order valence-corrected chi connectivity index (χ4v) is 1.89. The minimum atomic E-state index is -0.889. The van der Waals surface area contributed by atoms with E-state index in [-0.39, 0.29) is 12.5 Å². The van der Waals surface area contributed by atoms with Gasteiger partial charge in [-0.25, -0.2) is 9.18 Å². The third-order valence-corrected chi connectivity index (χ3v) is 2.98. The number of hydrogen-bond donors (Lipinski definition) is 2. The molecule has 1 aromatic rings. The number of carbonyl (C=O) groups excluding carboxylic acids is 1. The number of carbonyl (C=O) groups is 1. The number of alkyl carbamates (subject to hydrolysis) is 1. The largest absolute Gasteiger partial charge is 0.445 e. The summed E-state index contributed by atoms with van der Waals surface area (Å²) in [5.74, 6) is -0.158. The van der Waals surface area contributed by atoms with Gasteiger partial charge in [-0.1, -0.05) is 30.3 Å². The average Bonchev–Trinajstić information content (AvgIpc) is 2.81. The number of benzene rings is 1. The van der Waals surface area contributed by atoms with Crippen molar-refractivity contribution >= 4 is 6.09 Å². The minimum absolute atomic E-state index is 0.158. The summed E-state index contributed by atoms with van der Waals surface area (Å²) in [6.07, 6.45) is -1.39. The molecule has 0 unspecified atom stereocenters. The summed E-state index contributed by atoms with van der Waals surface area (Å²) in [6, 6.07) is 9.43. The molecular weight excluding hydrogens is 235 g/mol. The Morgan fingerprint density at radius 1 is 1.39 bits per heavy atom. The fraction of sp³-hybridized carbons (Fsp3) is 0.462. The van der Waals surface area contributed by atoms with Gasteiger partial charge in [0.05, 0.1) is 0 Å². The van der Waals surface area contributed by atoms with E-state index in [1.54, 1.807) is 0 Å². The van der Waals surface area contributed by atoms with Crippen LogP contribution in [0.15, 0.2) is 30.3 Å². The Morgan fingerprint density at radius 2 is 2.17 bits per heavy atom. The molecule has 2 atom stereocenters. The maximum absolute atomic E-state index is 13.2. The maximum atomic E-state index is 13.2. The van der Waals surface area contributed by atoms with E-state index in [0.717, 1.165) is 5.56 Å². The monoisotopic (exact) mass is 252 g/mol. The van der Waals surface area contributed by atoms with Gasteiger partial charge in [0.1, 0.15) is 12.8 Å². The molecule has 2 rings (SSSR count). The van der Waals surface area contributed by atoms with Crippen LogP contribution in [0.1, 0.15) is 5.56 Å². The molecule has 0 aromatic heterocycles. The van der Waals surface area contributed by atoms with Crippen molar-refractivity contribution < 1.29 is 13.9 Å². The van der Waals surface area contributed by atoms with Gasteiger partial charge in [0.25, 0.3) is 0 Å². The standard InChI is InChI=1S/C13H17FN2O2/c14-12-8-15-6-11(12)7-16-13(17)18-9-10-4-2-1-3-5-10/h1-5,11-12,15H,6-9H2,(H,16,17)/t11-,12-/m0/s1. The second kappa shape index (κ2) is 6.35. The molecule has 2 N–H and O–H groups in total. The Balaban J connectivity index is 1.66. The van der Waals surface area contributed by atoms with Gasteiger partial charge in [-0.2, -0.15) is 0 Å². The van der Waals surface area contributed by atoms with Crippen molar-refractivity contribution in [2.75, 3.05) is 19.6 Å². The van der Waals surface area contributed by atoms with Crippen LogP contribution in [0.25, 0.3) is 0 Å². The summed E-state index contributed by atoms with van der Waals surface area (Å²) < 4.78 is 18.3. The molecular formula is C13H17FN2O2. The maximum Gasteiger partial charge on any atom is 0.407 e. The molecule has 0 aliphatic carbocycles. The summed E-state index contributed by atoms with van der Waals surface area (Å²) in [6.45, 7) is 1.50. The van der Waals surface area contributed by atoms with Gasteiger partial charge < -0.3 is 15.4 Å². The molecule has 4 nitrogen and oxygen atoms in total. The van der Waals surface area contributed by atoms with Crippen molar-refractivity contribution in [1.29, 1.82) is 0 Å². The summed E-state index contributed by atoms with van der Waals surface area (Å²) in [7, 11) is 0. The predicted octanol–water partition coefficient (Wildman–Crippen LogP) is 1.47. The van der Waals surface area contributed by atoms with Gasteiger partial charge in [0.15, 0.2) is 0 Å². The highest BCUT2D eigenvalue weighted by atomic mass is 19.1. The first-order valence-electron chi connectivity index (χ1n) is 6.05. The Hall–Kier alpha value is -1.62. The van der Waals surface area contributed by atoms with E-state index in [0.29, 0.717) is 19.6 Å². The lowest BCUT2D eigenvalue weighted by molar-refractivity contribution is 0.136. The van der Waals surface area contributed by atoms with Crippen molar-refractivity contribution in [2.24, 2.45) is 5.92 Å². The third kappa shape index (κ3) is 3.70. The molecule has 1 aliphatic rings. The zero-order chi connectivity index (χ0) is 12.8. The van der Waals surface area contributed by atoms with Crippen molar-refractivity contribution in [1.82, 2.24) is 10.6 Å². The lowest BCUT2D eigenvalue weighted by atomic mass is 10.1. The normalized spacial score (nSPS) is 22.7. The number of nitrogens with one attached hydrogen (secondary N) is 2. The van der Waals surface area contributed by atoms with Crippen molar-refractivity contribution in [3.63, 3.8) is 0 Å². The molecule has 1 heterocycles. The lowest BCUT2D eigenvalue weighted by Gasteiger charge is -2.12. The number of alkyl halides is 1. The molecule has 18 heavy (non-hydrogen) atoms. The fourth-order valence-electron chi connectivity index (χ4n) is 1.89. The van der Waals surface area contributed by atoms with E-state index in [2.05, 4.69) is 10.6 Å².